The molecule has 1 rings (SSSR count). The van der Waals surface area contributed by atoms with Gasteiger partial charge in [0.1, 0.15) is 0 Å². The van der Waals surface area contributed by atoms with Crippen molar-refractivity contribution in [3.8, 4) is 0 Å². The molecule has 11 heavy (non-hydrogen) atoms. The van der Waals surface area contributed by atoms with Gasteiger partial charge in [0.2, 0.25) is 0 Å². The van der Waals surface area contributed by atoms with E-state index in [2.05, 4.69) is 0 Å². The molecule has 0 atom stereocenters. The number of hydrogen-bond acceptors (Lipinski definition) is 3. The van der Waals surface area contributed by atoms with Gasteiger partial charge in [-0.15, -0.1) is 0 Å². The smallest absolute Gasteiger partial charge is 0.598 e. The first-order valence-corrected chi connectivity index (χ1v) is 3.64. The van der Waals surface area contributed by atoms with Crippen molar-refractivity contribution in [2.75, 3.05) is 0 Å². The third-order valence-electron chi connectivity index (χ3n) is 0.667. The summed E-state index contributed by atoms with van der Waals surface area (Å²) >= 11 is 0. The summed E-state index contributed by atoms with van der Waals surface area (Å²) in [6.45, 7) is 0. The molecule has 0 aromatic heterocycles. The third-order valence-corrected chi connectivity index (χ3v) is 0.667. The van der Waals surface area contributed by atoms with Gasteiger partial charge in [-0.05, 0) is 0 Å². The Morgan fingerprint density at radius 2 is 0.909 bits per heavy atom. The van der Waals surface area contributed by atoms with E-state index in [1.165, 1.54) is 0 Å². The minimum absolute atomic E-state index is 0. The van der Waals surface area contributed by atoms with Gasteiger partial charge in [-0.2, -0.15) is 0 Å². The molecular formula is C6H6CuO3P+. The van der Waals surface area contributed by atoms with Crippen LogP contribution in [0.25, 0.3) is 0 Å². The predicted molar refractivity (Wildman–Crippen MR) is 34.0 cm³/mol. The van der Waals surface area contributed by atoms with Crippen LogP contribution in [0.15, 0.2) is 36.4 Å². The van der Waals surface area contributed by atoms with E-state index in [4.69, 9.17) is 14.4 Å². The summed E-state index contributed by atoms with van der Waals surface area (Å²) in [7, 11) is -3.37. The molecule has 0 aliphatic heterocycles. The van der Waals surface area contributed by atoms with E-state index in [1.807, 2.05) is 36.4 Å². The van der Waals surface area contributed by atoms with Crippen LogP contribution in [0.2, 0.25) is 0 Å². The van der Waals surface area contributed by atoms with Crippen LogP contribution in [0, 0.1) is 0 Å². The van der Waals surface area contributed by atoms with Crippen LogP contribution in [0.3, 0.4) is 0 Å². The van der Waals surface area contributed by atoms with E-state index in [9.17, 15) is 0 Å². The minimum Gasteiger partial charge on any atom is -0.598 e. The molecule has 0 spiro atoms. The molecule has 0 aliphatic carbocycles. The Balaban J connectivity index is 0. The van der Waals surface area contributed by atoms with Gasteiger partial charge in [-0.3, -0.25) is 0 Å². The van der Waals surface area contributed by atoms with Crippen LogP contribution in [0.1, 0.15) is 0 Å². The van der Waals surface area contributed by atoms with Crippen molar-refractivity contribution in [3.63, 3.8) is 0 Å². The van der Waals surface area contributed by atoms with E-state index >= 15 is 0 Å². The van der Waals surface area contributed by atoms with Gasteiger partial charge in [0, 0.05) is 0 Å². The van der Waals surface area contributed by atoms with E-state index in [-0.39, 0.29) is 17.1 Å². The van der Waals surface area contributed by atoms with Crippen molar-refractivity contribution in [2.24, 2.45) is 0 Å². The summed E-state index contributed by atoms with van der Waals surface area (Å²) in [4.78, 5) is 17.0. The van der Waals surface area contributed by atoms with Crippen molar-refractivity contribution < 1.29 is 31.4 Å². The van der Waals surface area contributed by atoms with Gasteiger partial charge >= 0.3 is 17.1 Å². The van der Waals surface area contributed by atoms with Gasteiger partial charge in [-0.1, -0.05) is 41.0 Å². The standard InChI is InChI=1S/C6H6.Cu.HO3P/c1-2-4-6-5-3-1;;1-4(2)3/h1-6H;;(H,1,2,3)/q;+2;/p-1. The van der Waals surface area contributed by atoms with Crippen molar-refractivity contribution >= 4 is 8.25 Å². The van der Waals surface area contributed by atoms with Crippen molar-refractivity contribution in [2.45, 2.75) is 0 Å². The molecule has 1 aromatic rings. The molecule has 0 amide bonds. The summed E-state index contributed by atoms with van der Waals surface area (Å²) in [5.74, 6) is 0. The maximum atomic E-state index is 8.48. The van der Waals surface area contributed by atoms with Gasteiger partial charge in [0.05, 0.1) is 0 Å². The summed E-state index contributed by atoms with van der Waals surface area (Å²) in [5.41, 5.74) is 0. The molecule has 0 saturated carbocycles. The quantitative estimate of drug-likeness (QED) is 0.458. The maximum Gasteiger partial charge on any atom is 2.00 e. The third kappa shape index (κ3) is 17.7. The molecule has 5 heteroatoms. The van der Waals surface area contributed by atoms with Crippen molar-refractivity contribution in [1.29, 1.82) is 0 Å². The Kier molecular flexibility index (Phi) is 11.9. The average Bonchev–Trinajstić information content (AvgIpc) is 1.90. The number of benzene rings is 1. The van der Waals surface area contributed by atoms with Crippen molar-refractivity contribution in [1.82, 2.24) is 0 Å². The van der Waals surface area contributed by atoms with E-state index in [0.717, 1.165) is 0 Å². The predicted octanol–water partition coefficient (Wildman–Crippen LogP) is 0.0485. The maximum absolute atomic E-state index is 8.48. The fourth-order valence-corrected chi connectivity index (χ4v) is 0.385. The van der Waals surface area contributed by atoms with E-state index in [0.29, 0.717) is 0 Å². The first-order valence-electron chi connectivity index (χ1n) is 2.55. The minimum atomic E-state index is -3.37. The second-order valence-corrected chi connectivity index (χ2v) is 1.83. The Labute approximate surface area is 76.5 Å². The molecule has 0 fully saturated rings. The molecule has 63 valence electrons. The van der Waals surface area contributed by atoms with Crippen LogP contribution in [0.4, 0.5) is 0 Å². The molecule has 0 N–H and O–H groups in total. The fourth-order valence-electron chi connectivity index (χ4n) is 0.385. The SMILES string of the molecule is O=[P+]([O-])[O-].[Cu+2].c1ccccc1. The molecule has 1 aromatic carbocycles. The number of rotatable bonds is 0. The van der Waals surface area contributed by atoms with Crippen LogP contribution in [-0.4, -0.2) is 0 Å². The normalized spacial score (nSPS) is 6.73. The molecule has 0 bridgehead atoms. The zero-order valence-electron chi connectivity index (χ0n) is 5.44. The first kappa shape index (κ1) is 13.4. The molecule has 0 saturated heterocycles. The average molecular weight is 221 g/mol. The second kappa shape index (κ2) is 9.76. The van der Waals surface area contributed by atoms with Crippen LogP contribution >= 0.6 is 8.25 Å². The molecule has 3 nitrogen and oxygen atoms in total. The molecule has 1 radical (unpaired) electrons. The molecule has 0 heterocycles. The van der Waals surface area contributed by atoms with Gasteiger partial charge in [0.25, 0.3) is 8.25 Å². The topological polar surface area (TPSA) is 63.2 Å². The zero-order chi connectivity index (χ0) is 7.82. The second-order valence-electron chi connectivity index (χ2n) is 1.38. The fraction of sp³-hybridized carbons (Fsp3) is 0. The Bertz CT molecular complexity index is 150. The Morgan fingerprint density at radius 1 is 0.818 bits per heavy atom. The summed E-state index contributed by atoms with van der Waals surface area (Å²) in [5, 5.41) is 0. The molecule has 0 unspecified atom stereocenters. The van der Waals surface area contributed by atoms with Crippen LogP contribution in [-0.2, 0) is 21.6 Å². The van der Waals surface area contributed by atoms with E-state index < -0.39 is 8.25 Å². The Morgan fingerprint density at radius 3 is 1.00 bits per heavy atom. The van der Waals surface area contributed by atoms with Gasteiger partial charge in [-0.25, -0.2) is 0 Å². The first-order chi connectivity index (χ1) is 4.73. The molecular weight excluding hydrogens is 215 g/mol. The van der Waals surface area contributed by atoms with E-state index in [1.54, 1.807) is 0 Å². The van der Waals surface area contributed by atoms with Gasteiger partial charge < -0.3 is 9.79 Å². The summed E-state index contributed by atoms with van der Waals surface area (Å²) in [6.07, 6.45) is 0. The molecule has 0 aliphatic rings. The zero-order valence-corrected chi connectivity index (χ0v) is 7.27. The van der Waals surface area contributed by atoms with Crippen LogP contribution < -0.4 is 9.79 Å². The van der Waals surface area contributed by atoms with Crippen LogP contribution in [0.5, 0.6) is 0 Å². The Hall–Kier alpha value is -0.241. The monoisotopic (exact) mass is 220 g/mol. The van der Waals surface area contributed by atoms with Gasteiger partial charge in [0.15, 0.2) is 0 Å². The number of hydrogen-bond donors (Lipinski definition) is 0. The van der Waals surface area contributed by atoms with Crippen molar-refractivity contribution in [3.05, 3.63) is 36.4 Å². The summed E-state index contributed by atoms with van der Waals surface area (Å²) < 4.78 is 8.48. The summed E-state index contributed by atoms with van der Waals surface area (Å²) in [6, 6.07) is 12.0. The largest absolute Gasteiger partial charge is 2.00 e.